The fraction of sp³-hybridized carbons (Fsp3) is 0.571. The van der Waals surface area contributed by atoms with E-state index in [0.29, 0.717) is 30.3 Å². The third-order valence-electron chi connectivity index (χ3n) is 3.16. The molecule has 20 heavy (non-hydrogen) atoms. The number of nitrogens with zero attached hydrogens (tertiary/aromatic N) is 1. The first kappa shape index (κ1) is 15.3. The zero-order valence-corrected chi connectivity index (χ0v) is 12.9. The number of hydrogen-bond donors (Lipinski definition) is 0. The monoisotopic (exact) mass is 299 g/mol. The minimum absolute atomic E-state index is 0.0868. The minimum Gasteiger partial charge on any atom is -0.494 e. The lowest BCUT2D eigenvalue weighted by molar-refractivity contribution is -0.0440. The van der Waals surface area contributed by atoms with E-state index in [4.69, 9.17) is 9.47 Å². The van der Waals surface area contributed by atoms with E-state index in [0.717, 1.165) is 0 Å². The van der Waals surface area contributed by atoms with Gasteiger partial charge in [-0.1, -0.05) is 0 Å². The molecule has 1 aliphatic heterocycles. The van der Waals surface area contributed by atoms with Crippen molar-refractivity contribution >= 4 is 10.0 Å². The Bertz CT molecular complexity index is 531. The Hall–Kier alpha value is -1.11. The summed E-state index contributed by atoms with van der Waals surface area (Å²) in [6.45, 7) is 7.00. The first-order chi connectivity index (χ1) is 9.43. The maximum Gasteiger partial charge on any atom is 0.243 e. The summed E-state index contributed by atoms with van der Waals surface area (Å²) < 4.78 is 37.5. The van der Waals surface area contributed by atoms with Gasteiger partial charge in [-0.05, 0) is 45.0 Å². The topological polar surface area (TPSA) is 55.8 Å². The van der Waals surface area contributed by atoms with Gasteiger partial charge in [0, 0.05) is 13.1 Å². The number of benzene rings is 1. The zero-order valence-electron chi connectivity index (χ0n) is 12.1. The van der Waals surface area contributed by atoms with Crippen molar-refractivity contribution < 1.29 is 17.9 Å². The summed E-state index contributed by atoms with van der Waals surface area (Å²) >= 11 is 0. The molecule has 0 aliphatic carbocycles. The van der Waals surface area contributed by atoms with Gasteiger partial charge in [0.15, 0.2) is 0 Å². The summed E-state index contributed by atoms with van der Waals surface area (Å²) in [6.07, 6.45) is -0.174. The molecule has 112 valence electrons. The molecule has 1 aliphatic rings. The quantitative estimate of drug-likeness (QED) is 0.852. The summed E-state index contributed by atoms with van der Waals surface area (Å²) in [5, 5.41) is 0. The van der Waals surface area contributed by atoms with Crippen LogP contribution in [0.3, 0.4) is 0 Å². The van der Waals surface area contributed by atoms with Crippen LogP contribution in [0, 0.1) is 0 Å². The predicted octanol–water partition coefficient (Wildman–Crippen LogP) is 1.88. The average Bonchev–Trinajstić information content (AvgIpc) is 2.38. The summed E-state index contributed by atoms with van der Waals surface area (Å²) in [6, 6.07) is 6.55. The van der Waals surface area contributed by atoms with Gasteiger partial charge < -0.3 is 9.47 Å². The van der Waals surface area contributed by atoms with E-state index >= 15 is 0 Å². The van der Waals surface area contributed by atoms with Gasteiger partial charge in [-0.25, -0.2) is 8.42 Å². The van der Waals surface area contributed by atoms with E-state index in [2.05, 4.69) is 0 Å². The van der Waals surface area contributed by atoms with Crippen molar-refractivity contribution in [3.63, 3.8) is 0 Å². The van der Waals surface area contributed by atoms with Gasteiger partial charge in [0.1, 0.15) is 5.75 Å². The highest BCUT2D eigenvalue weighted by molar-refractivity contribution is 7.89. The van der Waals surface area contributed by atoms with Crippen LogP contribution in [0.1, 0.15) is 20.8 Å². The zero-order chi connectivity index (χ0) is 14.8. The molecule has 0 aromatic heterocycles. The van der Waals surface area contributed by atoms with Crippen LogP contribution >= 0.6 is 0 Å². The van der Waals surface area contributed by atoms with Crippen LogP contribution in [0.2, 0.25) is 0 Å². The Morgan fingerprint density at radius 1 is 1.20 bits per heavy atom. The Balaban J connectivity index is 2.21. The van der Waals surface area contributed by atoms with E-state index in [9.17, 15) is 8.42 Å². The predicted molar refractivity (Wildman–Crippen MR) is 76.4 cm³/mol. The first-order valence-corrected chi connectivity index (χ1v) is 8.26. The van der Waals surface area contributed by atoms with Crippen molar-refractivity contribution in [3.8, 4) is 5.75 Å². The van der Waals surface area contributed by atoms with E-state index < -0.39 is 10.0 Å². The molecule has 0 amide bonds. The highest BCUT2D eigenvalue weighted by atomic mass is 32.2. The van der Waals surface area contributed by atoms with Crippen LogP contribution in [0.5, 0.6) is 5.75 Å². The summed E-state index contributed by atoms with van der Waals surface area (Å²) in [7, 11) is -3.46. The van der Waals surface area contributed by atoms with Crippen molar-refractivity contribution in [2.75, 3.05) is 19.7 Å². The normalized spacial score (nSPS) is 24.6. The summed E-state index contributed by atoms with van der Waals surface area (Å²) in [5.74, 6) is 0.676. The van der Waals surface area contributed by atoms with Gasteiger partial charge in [0.25, 0.3) is 0 Å². The largest absolute Gasteiger partial charge is 0.494 e. The Kier molecular flexibility index (Phi) is 4.67. The number of sulfonamides is 1. The van der Waals surface area contributed by atoms with Gasteiger partial charge in [0.2, 0.25) is 10.0 Å². The van der Waals surface area contributed by atoms with Crippen LogP contribution in [-0.4, -0.2) is 44.6 Å². The van der Waals surface area contributed by atoms with Crippen LogP contribution in [0.15, 0.2) is 29.2 Å². The molecule has 2 rings (SSSR count). The molecule has 1 heterocycles. The standard InChI is InChI=1S/C14H21NO4S/c1-4-18-13-5-7-14(8-6-13)20(16,17)15-9-11(2)19-12(3)10-15/h5-8,11-12H,4,9-10H2,1-3H3/t11-,12-/m0/s1. The van der Waals surface area contributed by atoms with Crippen molar-refractivity contribution in [2.45, 2.75) is 37.9 Å². The number of hydrogen-bond acceptors (Lipinski definition) is 4. The van der Waals surface area contributed by atoms with Crippen LogP contribution in [0.25, 0.3) is 0 Å². The number of ether oxygens (including phenoxy) is 2. The SMILES string of the molecule is CCOc1ccc(S(=O)(=O)N2C[C@H](C)O[C@@H](C)C2)cc1. The lowest BCUT2D eigenvalue weighted by Crippen LogP contribution is -2.48. The highest BCUT2D eigenvalue weighted by Crippen LogP contribution is 2.23. The molecular formula is C14H21NO4S. The molecule has 0 unspecified atom stereocenters. The van der Waals surface area contributed by atoms with Gasteiger partial charge in [0.05, 0.1) is 23.7 Å². The smallest absolute Gasteiger partial charge is 0.243 e. The van der Waals surface area contributed by atoms with Crippen LogP contribution < -0.4 is 4.74 Å². The molecule has 1 aromatic carbocycles. The molecule has 1 saturated heterocycles. The molecular weight excluding hydrogens is 278 g/mol. The molecule has 0 spiro atoms. The van der Waals surface area contributed by atoms with Crippen molar-refractivity contribution in [1.82, 2.24) is 4.31 Å². The Morgan fingerprint density at radius 2 is 1.75 bits per heavy atom. The van der Waals surface area contributed by atoms with Gasteiger partial charge in [-0.15, -0.1) is 0 Å². The Labute approximate surface area is 120 Å². The van der Waals surface area contributed by atoms with E-state index in [-0.39, 0.29) is 12.2 Å². The van der Waals surface area contributed by atoms with E-state index in [1.165, 1.54) is 4.31 Å². The second-order valence-electron chi connectivity index (χ2n) is 4.98. The first-order valence-electron chi connectivity index (χ1n) is 6.82. The molecule has 6 heteroatoms. The summed E-state index contributed by atoms with van der Waals surface area (Å²) in [4.78, 5) is 0.294. The van der Waals surface area contributed by atoms with Gasteiger partial charge in [-0.2, -0.15) is 4.31 Å². The molecule has 2 atom stereocenters. The molecule has 0 N–H and O–H groups in total. The van der Waals surface area contributed by atoms with Crippen molar-refractivity contribution in [3.05, 3.63) is 24.3 Å². The molecule has 5 nitrogen and oxygen atoms in total. The fourth-order valence-electron chi connectivity index (χ4n) is 2.35. The Morgan fingerprint density at radius 3 is 2.25 bits per heavy atom. The third-order valence-corrected chi connectivity index (χ3v) is 5.00. The highest BCUT2D eigenvalue weighted by Gasteiger charge is 2.32. The minimum atomic E-state index is -3.46. The van der Waals surface area contributed by atoms with E-state index in [1.807, 2.05) is 20.8 Å². The average molecular weight is 299 g/mol. The molecule has 0 saturated carbocycles. The second kappa shape index (κ2) is 6.11. The molecule has 1 fully saturated rings. The van der Waals surface area contributed by atoms with Gasteiger partial charge in [-0.3, -0.25) is 0 Å². The second-order valence-corrected chi connectivity index (χ2v) is 6.92. The lowest BCUT2D eigenvalue weighted by atomic mass is 10.3. The molecule has 1 aromatic rings. The van der Waals surface area contributed by atoms with Crippen molar-refractivity contribution in [1.29, 1.82) is 0 Å². The van der Waals surface area contributed by atoms with E-state index in [1.54, 1.807) is 24.3 Å². The summed E-state index contributed by atoms with van der Waals surface area (Å²) in [5.41, 5.74) is 0. The fourth-order valence-corrected chi connectivity index (χ4v) is 3.94. The molecule has 0 bridgehead atoms. The number of rotatable bonds is 4. The molecule has 0 radical (unpaired) electrons. The maximum atomic E-state index is 12.6. The van der Waals surface area contributed by atoms with Crippen LogP contribution in [-0.2, 0) is 14.8 Å². The van der Waals surface area contributed by atoms with Crippen LogP contribution in [0.4, 0.5) is 0 Å². The maximum absolute atomic E-state index is 12.6. The number of morpholine rings is 1. The third kappa shape index (κ3) is 3.31. The van der Waals surface area contributed by atoms with Gasteiger partial charge >= 0.3 is 0 Å². The van der Waals surface area contributed by atoms with Crippen molar-refractivity contribution in [2.24, 2.45) is 0 Å². The lowest BCUT2D eigenvalue weighted by Gasteiger charge is -2.34.